The molecule has 0 spiro atoms. The van der Waals surface area contributed by atoms with Crippen LogP contribution in [0.2, 0.25) is 0 Å². The minimum Gasteiger partial charge on any atom is -0.444 e. The fraction of sp³-hybridized carbons (Fsp3) is 0.300. The van der Waals surface area contributed by atoms with E-state index in [2.05, 4.69) is 0 Å². The lowest BCUT2D eigenvalue weighted by Crippen LogP contribution is -2.26. The number of aryl methyl sites for hydroxylation is 1. The Bertz CT molecular complexity index is 357. The number of hydrogen-bond acceptors (Lipinski definition) is 3. The second-order valence-electron chi connectivity index (χ2n) is 3.08. The van der Waals surface area contributed by atoms with Gasteiger partial charge in [-0.2, -0.15) is 0 Å². The minimum absolute atomic E-state index is 0.115. The van der Waals surface area contributed by atoms with E-state index < -0.39 is 6.29 Å². The summed E-state index contributed by atoms with van der Waals surface area (Å²) in [6, 6.07) is 5.59. The van der Waals surface area contributed by atoms with E-state index in [-0.39, 0.29) is 5.78 Å². The lowest BCUT2D eigenvalue weighted by Gasteiger charge is -2.04. The van der Waals surface area contributed by atoms with Crippen molar-refractivity contribution in [3.05, 3.63) is 23.8 Å². The van der Waals surface area contributed by atoms with Gasteiger partial charge < -0.3 is 9.47 Å². The fourth-order valence-electron chi connectivity index (χ4n) is 1.28. The van der Waals surface area contributed by atoms with Crippen molar-refractivity contribution in [2.24, 2.45) is 0 Å². The number of hydrogen-bond donors (Lipinski definition) is 0. The van der Waals surface area contributed by atoms with E-state index in [9.17, 15) is 4.79 Å². The quantitative estimate of drug-likeness (QED) is 0.656. The van der Waals surface area contributed by atoms with Crippen LogP contribution in [-0.4, -0.2) is 12.1 Å². The fourth-order valence-corrected chi connectivity index (χ4v) is 1.28. The van der Waals surface area contributed by atoms with Crippen molar-refractivity contribution in [2.45, 2.75) is 20.1 Å². The summed E-state index contributed by atoms with van der Waals surface area (Å²) in [5.41, 5.74) is 0.987. The lowest BCUT2D eigenvalue weighted by molar-refractivity contribution is -0.132. The summed E-state index contributed by atoms with van der Waals surface area (Å²) in [6.45, 7) is 3.37. The topological polar surface area (TPSA) is 35.5 Å². The second-order valence-corrected chi connectivity index (χ2v) is 3.08. The lowest BCUT2D eigenvalue weighted by atomic mass is 10.2. The molecular formula is C10H10O3. The van der Waals surface area contributed by atoms with Gasteiger partial charge in [-0.05, 0) is 18.6 Å². The smallest absolute Gasteiger partial charge is 0.300 e. The molecule has 1 heterocycles. The summed E-state index contributed by atoms with van der Waals surface area (Å²) < 4.78 is 10.6. The largest absolute Gasteiger partial charge is 0.444 e. The highest BCUT2D eigenvalue weighted by molar-refractivity contribution is 5.80. The molecule has 1 atom stereocenters. The van der Waals surface area contributed by atoms with E-state index in [1.165, 1.54) is 6.92 Å². The maximum Gasteiger partial charge on any atom is 0.300 e. The maximum absolute atomic E-state index is 11.0. The number of benzene rings is 1. The molecule has 3 heteroatoms. The van der Waals surface area contributed by atoms with Gasteiger partial charge in [0.1, 0.15) is 0 Å². The van der Waals surface area contributed by atoms with Crippen molar-refractivity contribution in [3.63, 3.8) is 0 Å². The molecule has 0 saturated heterocycles. The van der Waals surface area contributed by atoms with Crippen molar-refractivity contribution in [1.29, 1.82) is 0 Å². The van der Waals surface area contributed by atoms with Crippen LogP contribution < -0.4 is 9.47 Å². The molecule has 2 rings (SSSR count). The number of ether oxygens (including phenoxy) is 2. The van der Waals surface area contributed by atoms with Crippen LogP contribution in [0.5, 0.6) is 11.5 Å². The van der Waals surface area contributed by atoms with Crippen molar-refractivity contribution < 1.29 is 14.3 Å². The molecule has 1 aromatic carbocycles. The van der Waals surface area contributed by atoms with E-state index >= 15 is 0 Å². The number of ketones is 1. The van der Waals surface area contributed by atoms with Crippen LogP contribution in [0.4, 0.5) is 0 Å². The highest BCUT2D eigenvalue weighted by atomic mass is 16.7. The molecule has 0 radical (unpaired) electrons. The third-order valence-corrected chi connectivity index (χ3v) is 1.97. The number of fused-ring (bicyclic) bond motifs is 1. The average molecular weight is 178 g/mol. The molecule has 1 aliphatic heterocycles. The Morgan fingerprint density at radius 2 is 2.15 bits per heavy atom. The Balaban J connectivity index is 2.35. The average Bonchev–Trinajstić information content (AvgIpc) is 2.49. The molecule has 0 N–H and O–H groups in total. The third-order valence-electron chi connectivity index (χ3n) is 1.97. The van der Waals surface area contributed by atoms with Crippen LogP contribution >= 0.6 is 0 Å². The van der Waals surface area contributed by atoms with Gasteiger partial charge >= 0.3 is 6.29 Å². The molecule has 0 fully saturated rings. The van der Waals surface area contributed by atoms with Crippen LogP contribution in [0.15, 0.2) is 18.2 Å². The van der Waals surface area contributed by atoms with E-state index in [4.69, 9.17) is 9.47 Å². The first-order chi connectivity index (χ1) is 6.18. The van der Waals surface area contributed by atoms with Crippen LogP contribution in [0.25, 0.3) is 0 Å². The summed E-state index contributed by atoms with van der Waals surface area (Å²) in [6.07, 6.45) is -0.754. The third kappa shape index (κ3) is 1.26. The molecule has 0 amide bonds. The van der Waals surface area contributed by atoms with Gasteiger partial charge in [-0.3, -0.25) is 4.79 Å². The maximum atomic E-state index is 11.0. The van der Waals surface area contributed by atoms with Crippen molar-refractivity contribution in [3.8, 4) is 11.5 Å². The van der Waals surface area contributed by atoms with Gasteiger partial charge in [0.2, 0.25) is 5.78 Å². The molecule has 3 nitrogen and oxygen atoms in total. The first kappa shape index (κ1) is 8.10. The number of para-hydroxylation sites is 1. The Labute approximate surface area is 76.3 Å². The van der Waals surface area contributed by atoms with Crippen LogP contribution in [0.1, 0.15) is 12.5 Å². The van der Waals surface area contributed by atoms with E-state index in [1.54, 1.807) is 6.07 Å². The summed E-state index contributed by atoms with van der Waals surface area (Å²) in [5, 5.41) is 0. The molecule has 1 aromatic rings. The highest BCUT2D eigenvalue weighted by Gasteiger charge is 2.28. The van der Waals surface area contributed by atoms with Gasteiger partial charge in [-0.15, -0.1) is 0 Å². The number of carbonyl (C=O) groups is 1. The summed E-state index contributed by atoms with van der Waals surface area (Å²) in [7, 11) is 0. The molecule has 68 valence electrons. The Morgan fingerprint density at radius 3 is 2.77 bits per heavy atom. The van der Waals surface area contributed by atoms with Crippen LogP contribution in [0, 0.1) is 6.92 Å². The van der Waals surface area contributed by atoms with E-state index in [1.807, 2.05) is 19.1 Å². The summed E-state index contributed by atoms with van der Waals surface area (Å²) in [4.78, 5) is 11.0. The SMILES string of the molecule is CC(=O)C1Oc2cccc(C)c2O1. The van der Waals surface area contributed by atoms with Crippen molar-refractivity contribution in [2.75, 3.05) is 0 Å². The van der Waals surface area contributed by atoms with Gasteiger partial charge in [0.05, 0.1) is 0 Å². The Kier molecular flexibility index (Phi) is 1.72. The van der Waals surface area contributed by atoms with Crippen molar-refractivity contribution in [1.82, 2.24) is 0 Å². The van der Waals surface area contributed by atoms with Gasteiger partial charge in [-0.1, -0.05) is 12.1 Å². The monoisotopic (exact) mass is 178 g/mol. The molecule has 13 heavy (non-hydrogen) atoms. The molecule has 0 saturated carbocycles. The molecule has 0 aromatic heterocycles. The summed E-state index contributed by atoms with van der Waals surface area (Å²) in [5.74, 6) is 1.22. The predicted molar refractivity (Wildman–Crippen MR) is 46.9 cm³/mol. The highest BCUT2D eigenvalue weighted by Crippen LogP contribution is 2.37. The zero-order chi connectivity index (χ0) is 9.42. The first-order valence-electron chi connectivity index (χ1n) is 4.12. The van der Waals surface area contributed by atoms with Gasteiger partial charge in [0, 0.05) is 6.92 Å². The number of Topliss-reactive ketones (excluding diaryl/α,β-unsaturated/α-hetero) is 1. The molecule has 1 aliphatic rings. The first-order valence-corrected chi connectivity index (χ1v) is 4.12. The zero-order valence-electron chi connectivity index (χ0n) is 7.53. The van der Waals surface area contributed by atoms with E-state index in [0.29, 0.717) is 11.5 Å². The standard InChI is InChI=1S/C10H10O3/c1-6-4-3-5-8-9(6)13-10(12-8)7(2)11/h3-5,10H,1-2H3. The Hall–Kier alpha value is -1.51. The molecule has 0 bridgehead atoms. The second kappa shape index (κ2) is 2.76. The van der Waals surface area contributed by atoms with Crippen LogP contribution in [-0.2, 0) is 4.79 Å². The predicted octanol–water partition coefficient (Wildman–Crippen LogP) is 1.68. The van der Waals surface area contributed by atoms with Crippen LogP contribution in [0.3, 0.4) is 0 Å². The normalized spacial score (nSPS) is 18.8. The van der Waals surface area contributed by atoms with Gasteiger partial charge in [-0.25, -0.2) is 0 Å². The zero-order valence-corrected chi connectivity index (χ0v) is 7.53. The molecule has 0 aliphatic carbocycles. The Morgan fingerprint density at radius 1 is 1.38 bits per heavy atom. The van der Waals surface area contributed by atoms with Crippen molar-refractivity contribution >= 4 is 5.78 Å². The van der Waals surface area contributed by atoms with E-state index in [0.717, 1.165) is 5.56 Å². The summed E-state index contributed by atoms with van der Waals surface area (Å²) >= 11 is 0. The van der Waals surface area contributed by atoms with Gasteiger partial charge in [0.15, 0.2) is 11.5 Å². The minimum atomic E-state index is -0.754. The number of carbonyl (C=O) groups excluding carboxylic acids is 1. The molecule has 1 unspecified atom stereocenters. The number of rotatable bonds is 1. The molecular weight excluding hydrogens is 168 g/mol. The van der Waals surface area contributed by atoms with Gasteiger partial charge in [0.25, 0.3) is 0 Å².